The van der Waals surface area contributed by atoms with Gasteiger partial charge in [0.1, 0.15) is 11.6 Å². The summed E-state index contributed by atoms with van der Waals surface area (Å²) in [6, 6.07) is 12.9. The predicted molar refractivity (Wildman–Crippen MR) is 113 cm³/mol. The van der Waals surface area contributed by atoms with Gasteiger partial charge >= 0.3 is 5.97 Å². The Balaban J connectivity index is 1.42. The van der Waals surface area contributed by atoms with Gasteiger partial charge in [-0.15, -0.1) is 0 Å². The molecule has 0 atom stereocenters. The second-order valence-electron chi connectivity index (χ2n) is 8.09. The van der Waals surface area contributed by atoms with Gasteiger partial charge in [0, 0.05) is 29.9 Å². The molecule has 1 N–H and O–H groups in total. The molecule has 2 aromatic carbocycles. The number of fused-ring (bicyclic) bond motifs is 1. The van der Waals surface area contributed by atoms with Crippen molar-refractivity contribution in [2.75, 3.05) is 0 Å². The van der Waals surface area contributed by atoms with Gasteiger partial charge in [0.25, 0.3) is 0 Å². The predicted octanol–water partition coefficient (Wildman–Crippen LogP) is 5.53. The fraction of sp³-hybridized carbons (Fsp3) is 0.200. The zero-order valence-corrected chi connectivity index (χ0v) is 16.7. The van der Waals surface area contributed by atoms with Crippen LogP contribution >= 0.6 is 0 Å². The fourth-order valence-corrected chi connectivity index (χ4v) is 4.01. The third-order valence-electron chi connectivity index (χ3n) is 5.83. The lowest BCUT2D eigenvalue weighted by Gasteiger charge is -2.10. The first kappa shape index (κ1) is 19.4. The SMILES string of the molecule is O=C(O)c1cc(C2CC2)cnc1Cc1ccc2c(ccn2Cc2cc(F)ccc2F)c1. The van der Waals surface area contributed by atoms with Crippen LogP contribution in [0.25, 0.3) is 10.9 Å². The standard InChI is InChI=1S/C25H20F2N2O2/c26-20-4-5-22(27)19(11-20)14-29-8-7-17-9-15(1-6-24(17)29)10-23-21(25(30)31)12-18(13-28-23)16-2-3-16/h1,4-9,11-13,16H,2-3,10,14H2,(H,30,31). The van der Waals surface area contributed by atoms with Crippen LogP contribution in [0.15, 0.2) is 60.9 Å². The maximum Gasteiger partial charge on any atom is 0.337 e. The zero-order valence-electron chi connectivity index (χ0n) is 16.7. The average molecular weight is 418 g/mol. The lowest BCUT2D eigenvalue weighted by molar-refractivity contribution is 0.0695. The van der Waals surface area contributed by atoms with Gasteiger partial charge in [-0.1, -0.05) is 6.07 Å². The van der Waals surface area contributed by atoms with E-state index in [1.165, 1.54) is 6.07 Å². The van der Waals surface area contributed by atoms with E-state index in [9.17, 15) is 18.7 Å². The van der Waals surface area contributed by atoms with E-state index in [2.05, 4.69) is 4.98 Å². The first-order valence-electron chi connectivity index (χ1n) is 10.2. The number of rotatable bonds is 6. The molecule has 0 aliphatic heterocycles. The lowest BCUT2D eigenvalue weighted by atomic mass is 10.0. The number of carbonyl (C=O) groups is 1. The first-order valence-corrected chi connectivity index (χ1v) is 10.2. The van der Waals surface area contributed by atoms with E-state index in [0.29, 0.717) is 18.0 Å². The summed E-state index contributed by atoms with van der Waals surface area (Å²) in [6.07, 6.45) is 6.22. The Morgan fingerprint density at radius 2 is 1.94 bits per heavy atom. The summed E-state index contributed by atoms with van der Waals surface area (Å²) in [6.45, 7) is 0.222. The monoisotopic (exact) mass is 418 g/mol. The molecule has 0 unspecified atom stereocenters. The van der Waals surface area contributed by atoms with E-state index >= 15 is 0 Å². The molecular weight excluding hydrogens is 398 g/mol. The van der Waals surface area contributed by atoms with Crippen molar-refractivity contribution in [3.8, 4) is 0 Å². The maximum absolute atomic E-state index is 14.0. The Morgan fingerprint density at radius 1 is 1.10 bits per heavy atom. The quantitative estimate of drug-likeness (QED) is 0.448. The van der Waals surface area contributed by atoms with Crippen molar-refractivity contribution in [3.63, 3.8) is 0 Å². The summed E-state index contributed by atoms with van der Waals surface area (Å²) in [5, 5.41) is 10.6. The molecular formula is C25H20F2N2O2. The van der Waals surface area contributed by atoms with Gasteiger partial charge in [-0.3, -0.25) is 4.98 Å². The molecule has 0 saturated heterocycles. The number of carboxylic acid groups (broad SMARTS) is 1. The number of hydrogen-bond acceptors (Lipinski definition) is 2. The number of hydrogen-bond donors (Lipinski definition) is 1. The summed E-state index contributed by atoms with van der Waals surface area (Å²) in [5.74, 6) is -1.43. The van der Waals surface area contributed by atoms with Crippen molar-refractivity contribution < 1.29 is 18.7 Å². The minimum Gasteiger partial charge on any atom is -0.478 e. The van der Waals surface area contributed by atoms with Crippen LogP contribution in [0.1, 0.15) is 51.5 Å². The van der Waals surface area contributed by atoms with Crippen molar-refractivity contribution in [2.24, 2.45) is 0 Å². The van der Waals surface area contributed by atoms with Crippen LogP contribution in [-0.4, -0.2) is 20.6 Å². The van der Waals surface area contributed by atoms with E-state index < -0.39 is 17.6 Å². The summed E-state index contributed by atoms with van der Waals surface area (Å²) in [4.78, 5) is 16.2. The van der Waals surface area contributed by atoms with Crippen molar-refractivity contribution in [1.82, 2.24) is 9.55 Å². The topological polar surface area (TPSA) is 55.1 Å². The Kier molecular flexibility index (Phi) is 4.77. The molecule has 156 valence electrons. The molecule has 4 aromatic rings. The van der Waals surface area contributed by atoms with Crippen LogP contribution in [0.3, 0.4) is 0 Å². The Hall–Kier alpha value is -3.54. The van der Waals surface area contributed by atoms with Gasteiger partial charge in [-0.25, -0.2) is 13.6 Å². The van der Waals surface area contributed by atoms with Gasteiger partial charge in [0.05, 0.1) is 17.8 Å². The van der Waals surface area contributed by atoms with E-state index in [4.69, 9.17) is 0 Å². The molecule has 31 heavy (non-hydrogen) atoms. The smallest absolute Gasteiger partial charge is 0.337 e. The largest absolute Gasteiger partial charge is 0.478 e. The number of pyridine rings is 1. The van der Waals surface area contributed by atoms with Crippen LogP contribution in [-0.2, 0) is 13.0 Å². The third-order valence-corrected chi connectivity index (χ3v) is 5.83. The van der Waals surface area contributed by atoms with Crippen molar-refractivity contribution in [2.45, 2.75) is 31.7 Å². The number of carboxylic acids is 1. The fourth-order valence-electron chi connectivity index (χ4n) is 4.01. The number of benzene rings is 2. The molecule has 2 aromatic heterocycles. The van der Waals surface area contributed by atoms with E-state index in [0.717, 1.165) is 47.0 Å². The highest BCUT2D eigenvalue weighted by atomic mass is 19.1. The molecule has 1 aliphatic carbocycles. The van der Waals surface area contributed by atoms with Gasteiger partial charge < -0.3 is 9.67 Å². The van der Waals surface area contributed by atoms with E-state index in [1.54, 1.807) is 12.3 Å². The molecule has 0 radical (unpaired) electrons. The summed E-state index contributed by atoms with van der Waals surface area (Å²) >= 11 is 0. The number of nitrogens with zero attached hydrogens (tertiary/aromatic N) is 2. The average Bonchev–Trinajstić information content (AvgIpc) is 3.53. The molecule has 2 heterocycles. The second kappa shape index (κ2) is 7.61. The van der Waals surface area contributed by atoms with Gasteiger partial charge in [-0.05, 0) is 77.7 Å². The number of aromatic nitrogens is 2. The molecule has 0 bridgehead atoms. The van der Waals surface area contributed by atoms with Crippen molar-refractivity contribution >= 4 is 16.9 Å². The molecule has 5 rings (SSSR count). The van der Waals surface area contributed by atoms with Gasteiger partial charge in [0.2, 0.25) is 0 Å². The normalized spacial score (nSPS) is 13.6. The summed E-state index contributed by atoms with van der Waals surface area (Å²) in [5.41, 5.74) is 3.91. The Labute approximate surface area is 177 Å². The molecule has 6 heteroatoms. The van der Waals surface area contributed by atoms with Gasteiger partial charge in [-0.2, -0.15) is 0 Å². The minimum absolute atomic E-state index is 0.222. The Morgan fingerprint density at radius 3 is 2.71 bits per heavy atom. The lowest BCUT2D eigenvalue weighted by Crippen LogP contribution is -2.07. The molecule has 1 fully saturated rings. The van der Waals surface area contributed by atoms with E-state index in [1.807, 2.05) is 35.0 Å². The minimum atomic E-state index is -0.964. The van der Waals surface area contributed by atoms with Crippen molar-refractivity contribution in [1.29, 1.82) is 0 Å². The molecule has 0 amide bonds. The Bertz CT molecular complexity index is 1310. The van der Waals surface area contributed by atoms with Crippen LogP contribution in [0, 0.1) is 11.6 Å². The molecule has 0 spiro atoms. The maximum atomic E-state index is 14.0. The van der Waals surface area contributed by atoms with Crippen LogP contribution in [0.5, 0.6) is 0 Å². The third kappa shape index (κ3) is 3.93. The van der Waals surface area contributed by atoms with Crippen LogP contribution in [0.4, 0.5) is 8.78 Å². The zero-order chi connectivity index (χ0) is 21.5. The number of halogens is 2. The summed E-state index contributed by atoms with van der Waals surface area (Å²) < 4.78 is 29.4. The highest BCUT2D eigenvalue weighted by molar-refractivity contribution is 5.89. The highest BCUT2D eigenvalue weighted by Crippen LogP contribution is 2.40. The molecule has 1 saturated carbocycles. The van der Waals surface area contributed by atoms with Gasteiger partial charge in [0.15, 0.2) is 0 Å². The first-order chi connectivity index (χ1) is 15.0. The van der Waals surface area contributed by atoms with Crippen LogP contribution < -0.4 is 0 Å². The summed E-state index contributed by atoms with van der Waals surface area (Å²) in [7, 11) is 0. The van der Waals surface area contributed by atoms with E-state index in [-0.39, 0.29) is 17.7 Å². The second-order valence-corrected chi connectivity index (χ2v) is 8.09. The number of aromatic carboxylic acids is 1. The van der Waals surface area contributed by atoms with Crippen LogP contribution in [0.2, 0.25) is 0 Å². The highest BCUT2D eigenvalue weighted by Gasteiger charge is 2.25. The molecule has 4 nitrogen and oxygen atoms in total. The molecule has 1 aliphatic rings. The van der Waals surface area contributed by atoms with Crippen molar-refractivity contribution in [3.05, 3.63) is 101 Å².